The van der Waals surface area contributed by atoms with Crippen molar-refractivity contribution in [3.63, 3.8) is 0 Å². The number of aryl methyl sites for hydroxylation is 1. The Hall–Kier alpha value is -1.39. The van der Waals surface area contributed by atoms with Gasteiger partial charge in [-0.25, -0.2) is 4.79 Å². The molecule has 0 amide bonds. The molecule has 0 aromatic heterocycles. The number of methoxy groups -OCH3 is 1. The molecular formula is C17H25NO3. The van der Waals surface area contributed by atoms with Gasteiger partial charge in [0, 0.05) is 19.8 Å². The summed E-state index contributed by atoms with van der Waals surface area (Å²) in [5.41, 5.74) is 2.14. The Balaban J connectivity index is 2.15. The number of ether oxygens (including phenoxy) is 2. The first kappa shape index (κ1) is 16.0. The van der Waals surface area contributed by atoms with E-state index in [1.54, 1.807) is 0 Å². The van der Waals surface area contributed by atoms with Crippen molar-refractivity contribution in [2.45, 2.75) is 25.8 Å². The number of likely N-dealkylation sites (N-methyl/N-ethyl adjacent to an activating group) is 1. The molecule has 1 fully saturated rings. The molecule has 1 aliphatic heterocycles. The molecule has 1 atom stereocenters. The highest BCUT2D eigenvalue weighted by atomic mass is 16.5. The number of esters is 1. The third-order valence-corrected chi connectivity index (χ3v) is 4.24. The van der Waals surface area contributed by atoms with Gasteiger partial charge in [0.25, 0.3) is 0 Å². The van der Waals surface area contributed by atoms with E-state index >= 15 is 0 Å². The lowest BCUT2D eigenvalue weighted by molar-refractivity contribution is -0.147. The highest BCUT2D eigenvalue weighted by Crippen LogP contribution is 2.26. The van der Waals surface area contributed by atoms with E-state index in [2.05, 4.69) is 4.90 Å². The van der Waals surface area contributed by atoms with Crippen LogP contribution in [0.15, 0.2) is 24.3 Å². The third-order valence-electron chi connectivity index (χ3n) is 4.24. The Morgan fingerprint density at radius 1 is 1.38 bits per heavy atom. The van der Waals surface area contributed by atoms with Gasteiger partial charge in [-0.1, -0.05) is 24.3 Å². The minimum atomic E-state index is -0.334. The fourth-order valence-corrected chi connectivity index (χ4v) is 2.99. The zero-order valence-corrected chi connectivity index (χ0v) is 13.2. The molecule has 21 heavy (non-hydrogen) atoms. The van der Waals surface area contributed by atoms with Crippen LogP contribution in [-0.4, -0.2) is 44.8 Å². The fraction of sp³-hybridized carbons (Fsp3) is 0.588. The number of carbonyl (C=O) groups excluding carboxylic acids is 1. The molecule has 116 valence electrons. The molecule has 0 radical (unpaired) electrons. The first-order chi connectivity index (χ1) is 10.1. The molecule has 1 heterocycles. The van der Waals surface area contributed by atoms with Gasteiger partial charge in [-0.2, -0.15) is 0 Å². The molecule has 0 saturated carbocycles. The topological polar surface area (TPSA) is 38.8 Å². The summed E-state index contributed by atoms with van der Waals surface area (Å²) < 4.78 is 10.4. The average Bonchev–Trinajstić information content (AvgIpc) is 2.50. The summed E-state index contributed by atoms with van der Waals surface area (Å²) in [6.45, 7) is 4.57. The number of nitrogens with zero attached hydrogens (tertiary/aromatic N) is 1. The smallest absolute Gasteiger partial charge is 0.327 e. The maximum Gasteiger partial charge on any atom is 0.327 e. The number of rotatable bonds is 5. The number of carbonyl (C=O) groups is 1. The molecule has 4 heteroatoms. The normalized spacial score (nSPS) is 17.7. The molecule has 0 unspecified atom stereocenters. The minimum Gasteiger partial charge on any atom is -0.468 e. The summed E-state index contributed by atoms with van der Waals surface area (Å²) in [6, 6.07) is 7.68. The Morgan fingerprint density at radius 3 is 2.67 bits per heavy atom. The maximum absolute atomic E-state index is 12.3. The quantitative estimate of drug-likeness (QED) is 0.782. The summed E-state index contributed by atoms with van der Waals surface area (Å²) in [5, 5.41) is 0. The van der Waals surface area contributed by atoms with Gasteiger partial charge >= 0.3 is 5.97 Å². The lowest BCUT2D eigenvalue weighted by Gasteiger charge is -2.32. The van der Waals surface area contributed by atoms with Crippen LogP contribution in [0.5, 0.6) is 0 Å². The van der Waals surface area contributed by atoms with E-state index in [1.807, 2.05) is 38.2 Å². The van der Waals surface area contributed by atoms with Crippen molar-refractivity contribution in [1.29, 1.82) is 0 Å². The second kappa shape index (κ2) is 7.57. The van der Waals surface area contributed by atoms with Gasteiger partial charge in [0.2, 0.25) is 0 Å². The van der Waals surface area contributed by atoms with E-state index in [1.165, 1.54) is 7.11 Å². The van der Waals surface area contributed by atoms with Crippen LogP contribution in [0.1, 0.15) is 30.0 Å². The highest BCUT2D eigenvalue weighted by Gasteiger charge is 2.29. The zero-order chi connectivity index (χ0) is 15.2. The summed E-state index contributed by atoms with van der Waals surface area (Å²) in [5.74, 6) is 0.388. The number of hydrogen-bond acceptors (Lipinski definition) is 4. The van der Waals surface area contributed by atoms with Crippen LogP contribution in [0.2, 0.25) is 0 Å². The molecule has 0 N–H and O–H groups in total. The van der Waals surface area contributed by atoms with Crippen molar-refractivity contribution in [2.24, 2.45) is 5.92 Å². The lowest BCUT2D eigenvalue weighted by Crippen LogP contribution is -2.37. The predicted molar refractivity (Wildman–Crippen MR) is 82.1 cm³/mol. The van der Waals surface area contributed by atoms with Gasteiger partial charge < -0.3 is 9.47 Å². The average molecular weight is 291 g/mol. The summed E-state index contributed by atoms with van der Waals surface area (Å²) in [7, 11) is 3.46. The van der Waals surface area contributed by atoms with Crippen LogP contribution in [-0.2, 0) is 14.3 Å². The van der Waals surface area contributed by atoms with Crippen molar-refractivity contribution in [3.8, 4) is 0 Å². The van der Waals surface area contributed by atoms with Crippen LogP contribution in [0, 0.1) is 12.8 Å². The molecule has 1 aromatic carbocycles. The van der Waals surface area contributed by atoms with Crippen LogP contribution in [0.4, 0.5) is 0 Å². The summed E-state index contributed by atoms with van der Waals surface area (Å²) in [6.07, 6.45) is 2.12. The number of hydrogen-bond donors (Lipinski definition) is 0. The largest absolute Gasteiger partial charge is 0.468 e. The molecule has 2 rings (SSSR count). The van der Waals surface area contributed by atoms with Gasteiger partial charge in [-0.05, 0) is 43.9 Å². The van der Waals surface area contributed by atoms with E-state index < -0.39 is 0 Å². The van der Waals surface area contributed by atoms with E-state index in [4.69, 9.17) is 9.47 Å². The van der Waals surface area contributed by atoms with Crippen LogP contribution < -0.4 is 0 Å². The Labute approximate surface area is 127 Å². The van der Waals surface area contributed by atoms with Crippen molar-refractivity contribution in [3.05, 3.63) is 35.4 Å². The SMILES string of the molecule is COC(=O)[C@@H](c1ccccc1C)N(C)CC1CCOCC1. The van der Waals surface area contributed by atoms with Crippen LogP contribution in [0.25, 0.3) is 0 Å². The van der Waals surface area contributed by atoms with Gasteiger partial charge in [0.15, 0.2) is 0 Å². The van der Waals surface area contributed by atoms with Crippen molar-refractivity contribution in [1.82, 2.24) is 4.90 Å². The summed E-state index contributed by atoms with van der Waals surface area (Å²) >= 11 is 0. The van der Waals surface area contributed by atoms with Crippen LogP contribution in [0.3, 0.4) is 0 Å². The maximum atomic E-state index is 12.3. The molecule has 0 spiro atoms. The Morgan fingerprint density at radius 2 is 2.05 bits per heavy atom. The van der Waals surface area contributed by atoms with E-state index in [9.17, 15) is 4.79 Å². The molecular weight excluding hydrogens is 266 g/mol. The first-order valence-corrected chi connectivity index (χ1v) is 7.54. The molecule has 0 aliphatic carbocycles. The van der Waals surface area contributed by atoms with Gasteiger partial charge in [-0.3, -0.25) is 4.90 Å². The second-order valence-electron chi connectivity index (χ2n) is 5.78. The monoisotopic (exact) mass is 291 g/mol. The molecule has 0 bridgehead atoms. The third kappa shape index (κ3) is 4.05. The molecule has 4 nitrogen and oxygen atoms in total. The lowest BCUT2D eigenvalue weighted by atomic mass is 9.96. The van der Waals surface area contributed by atoms with Gasteiger partial charge in [0.05, 0.1) is 7.11 Å². The van der Waals surface area contributed by atoms with Gasteiger partial charge in [0.1, 0.15) is 6.04 Å². The minimum absolute atomic E-state index is 0.196. The predicted octanol–water partition coefficient (Wildman–Crippen LogP) is 2.57. The number of benzene rings is 1. The van der Waals surface area contributed by atoms with Crippen molar-refractivity contribution < 1.29 is 14.3 Å². The highest BCUT2D eigenvalue weighted by molar-refractivity contribution is 5.78. The Bertz CT molecular complexity index is 469. The molecule has 1 aromatic rings. The van der Waals surface area contributed by atoms with Gasteiger partial charge in [-0.15, -0.1) is 0 Å². The summed E-state index contributed by atoms with van der Waals surface area (Å²) in [4.78, 5) is 14.4. The molecule has 1 saturated heterocycles. The first-order valence-electron chi connectivity index (χ1n) is 7.54. The van der Waals surface area contributed by atoms with E-state index in [-0.39, 0.29) is 12.0 Å². The van der Waals surface area contributed by atoms with Crippen molar-refractivity contribution >= 4 is 5.97 Å². The van der Waals surface area contributed by atoms with E-state index in [0.29, 0.717) is 5.92 Å². The Kier molecular flexibility index (Phi) is 5.76. The molecule has 1 aliphatic rings. The second-order valence-corrected chi connectivity index (χ2v) is 5.78. The van der Waals surface area contributed by atoms with Crippen LogP contribution >= 0.6 is 0 Å². The zero-order valence-electron chi connectivity index (χ0n) is 13.2. The van der Waals surface area contributed by atoms with E-state index in [0.717, 1.165) is 43.7 Å². The standard InChI is InChI=1S/C17H25NO3/c1-13-6-4-5-7-15(13)16(17(19)20-3)18(2)12-14-8-10-21-11-9-14/h4-7,14,16H,8-12H2,1-3H3/t16-/m1/s1. The fourth-order valence-electron chi connectivity index (χ4n) is 2.99. The van der Waals surface area contributed by atoms with Crippen molar-refractivity contribution in [2.75, 3.05) is 33.9 Å².